The molecule has 1 nitrogen and oxygen atoms in total. The van der Waals surface area contributed by atoms with Crippen molar-refractivity contribution >= 4 is 8.32 Å². The fourth-order valence-corrected chi connectivity index (χ4v) is 12.7. The largest absolute Gasteiger partial charge is 0.418 e. The molecule has 2 heteroatoms. The summed E-state index contributed by atoms with van der Waals surface area (Å²) in [6, 6.07) is 0. The van der Waals surface area contributed by atoms with Gasteiger partial charge in [0.1, 0.15) is 0 Å². The first kappa shape index (κ1) is 19.0. The van der Waals surface area contributed by atoms with Crippen LogP contribution in [0, 0.1) is 11.8 Å². The van der Waals surface area contributed by atoms with Gasteiger partial charge in [-0.3, -0.25) is 0 Å². The molecule has 0 bridgehead atoms. The minimum Gasteiger partial charge on any atom is -0.418 e. The van der Waals surface area contributed by atoms with E-state index in [1.807, 2.05) is 7.11 Å². The van der Waals surface area contributed by atoms with Crippen molar-refractivity contribution in [2.24, 2.45) is 11.8 Å². The van der Waals surface area contributed by atoms with Crippen LogP contribution in [-0.2, 0) is 4.43 Å². The summed E-state index contributed by atoms with van der Waals surface area (Å²) >= 11 is 0. The van der Waals surface area contributed by atoms with E-state index in [4.69, 9.17) is 4.43 Å². The third-order valence-electron chi connectivity index (χ3n) is 5.73. The molecule has 0 radical (unpaired) electrons. The van der Waals surface area contributed by atoms with Gasteiger partial charge in [0, 0.05) is 12.7 Å². The molecule has 0 aromatic rings. The summed E-state index contributed by atoms with van der Waals surface area (Å²) in [5.41, 5.74) is 1.92. The zero-order chi connectivity index (χ0) is 16.6. The van der Waals surface area contributed by atoms with Crippen LogP contribution in [0.3, 0.4) is 0 Å². The predicted molar refractivity (Wildman–Crippen MR) is 97.3 cm³/mol. The maximum Gasteiger partial charge on any atom is 0.210 e. The molecule has 0 aromatic carbocycles. The van der Waals surface area contributed by atoms with Crippen molar-refractivity contribution in [2.45, 2.75) is 90.3 Å². The summed E-state index contributed by atoms with van der Waals surface area (Å²) in [7, 11) is -0.0900. The lowest BCUT2D eigenvalue weighted by Crippen LogP contribution is -2.59. The van der Waals surface area contributed by atoms with Gasteiger partial charge in [-0.15, -0.1) is 6.58 Å². The first-order valence-corrected chi connectivity index (χ1v) is 10.6. The van der Waals surface area contributed by atoms with Gasteiger partial charge < -0.3 is 4.43 Å². The Morgan fingerprint density at radius 3 is 1.81 bits per heavy atom. The monoisotopic (exact) mass is 310 g/mol. The molecular formula is C19H38OSi. The molecule has 0 amide bonds. The molecule has 21 heavy (non-hydrogen) atoms. The van der Waals surface area contributed by atoms with Crippen molar-refractivity contribution in [3.05, 3.63) is 12.2 Å². The lowest BCUT2D eigenvalue weighted by atomic mass is 9.97. The van der Waals surface area contributed by atoms with Crippen LogP contribution in [0.15, 0.2) is 12.2 Å². The minimum absolute atomic E-state index is 0.204. The Labute approximate surface area is 134 Å². The van der Waals surface area contributed by atoms with Gasteiger partial charge in [-0.1, -0.05) is 60.5 Å². The fraction of sp³-hybridized carbons (Fsp3) is 0.895. The van der Waals surface area contributed by atoms with Crippen LogP contribution in [0.4, 0.5) is 0 Å². The Bertz CT molecular complexity index is 358. The SMILES string of the molecule is C=C(C)[C@H]([C@H]1CC[C@@H](C)C1)[Si](OC)(C(C)(C)C)C(C)(C)C. The highest BCUT2D eigenvalue weighted by Crippen LogP contribution is 2.62. The van der Waals surface area contributed by atoms with Gasteiger partial charge in [0.15, 0.2) is 0 Å². The van der Waals surface area contributed by atoms with Crippen molar-refractivity contribution in [1.29, 1.82) is 0 Å². The zero-order valence-corrected chi connectivity index (χ0v) is 17.0. The number of hydrogen-bond donors (Lipinski definition) is 0. The fourth-order valence-electron chi connectivity index (χ4n) is 5.43. The maximum atomic E-state index is 6.52. The van der Waals surface area contributed by atoms with Gasteiger partial charge >= 0.3 is 0 Å². The van der Waals surface area contributed by atoms with Crippen LogP contribution in [0.2, 0.25) is 15.6 Å². The van der Waals surface area contributed by atoms with Gasteiger partial charge in [0.25, 0.3) is 0 Å². The first-order valence-electron chi connectivity index (χ1n) is 8.59. The molecule has 0 aromatic heterocycles. The predicted octanol–water partition coefficient (Wildman–Crippen LogP) is 6.56. The number of rotatable bonds is 4. The molecule has 3 atom stereocenters. The molecule has 0 saturated heterocycles. The van der Waals surface area contributed by atoms with Gasteiger partial charge in [0.05, 0.1) is 0 Å². The number of allylic oxidation sites excluding steroid dienone is 1. The van der Waals surface area contributed by atoms with Crippen molar-refractivity contribution in [3.8, 4) is 0 Å². The summed E-state index contributed by atoms with van der Waals surface area (Å²) < 4.78 is 6.52. The Morgan fingerprint density at radius 2 is 1.57 bits per heavy atom. The van der Waals surface area contributed by atoms with Crippen LogP contribution in [-0.4, -0.2) is 15.4 Å². The molecule has 1 saturated carbocycles. The third kappa shape index (κ3) is 3.31. The van der Waals surface area contributed by atoms with E-state index < -0.39 is 8.32 Å². The molecule has 1 aliphatic carbocycles. The topological polar surface area (TPSA) is 9.23 Å². The number of hydrogen-bond acceptors (Lipinski definition) is 1. The smallest absolute Gasteiger partial charge is 0.210 e. The zero-order valence-electron chi connectivity index (χ0n) is 16.0. The molecule has 1 aliphatic rings. The summed E-state index contributed by atoms with van der Waals surface area (Å²) in [5.74, 6) is 1.63. The Balaban J connectivity index is 3.42. The average Bonchev–Trinajstić information content (AvgIpc) is 2.67. The van der Waals surface area contributed by atoms with E-state index in [9.17, 15) is 0 Å². The van der Waals surface area contributed by atoms with Crippen LogP contribution < -0.4 is 0 Å². The molecule has 1 fully saturated rings. The molecule has 0 aliphatic heterocycles. The minimum atomic E-state index is -2.06. The molecule has 0 N–H and O–H groups in total. The van der Waals surface area contributed by atoms with Crippen molar-refractivity contribution in [2.75, 3.05) is 7.11 Å². The molecular weight excluding hydrogens is 272 g/mol. The van der Waals surface area contributed by atoms with Crippen LogP contribution in [0.5, 0.6) is 0 Å². The highest BCUT2D eigenvalue weighted by molar-refractivity contribution is 6.81. The summed E-state index contributed by atoms with van der Waals surface area (Å²) in [6.45, 7) is 23.4. The van der Waals surface area contributed by atoms with Gasteiger partial charge in [0.2, 0.25) is 8.32 Å². The third-order valence-corrected chi connectivity index (χ3v) is 12.7. The molecule has 0 spiro atoms. The van der Waals surface area contributed by atoms with E-state index in [2.05, 4.69) is 62.0 Å². The first-order chi connectivity index (χ1) is 9.38. The van der Waals surface area contributed by atoms with E-state index in [0.29, 0.717) is 5.54 Å². The second kappa shape index (κ2) is 6.20. The van der Waals surface area contributed by atoms with Gasteiger partial charge in [-0.05, 0) is 41.7 Å². The van der Waals surface area contributed by atoms with Gasteiger partial charge in [-0.2, -0.15) is 0 Å². The van der Waals surface area contributed by atoms with E-state index >= 15 is 0 Å². The van der Waals surface area contributed by atoms with Crippen molar-refractivity contribution in [1.82, 2.24) is 0 Å². The average molecular weight is 311 g/mol. The second-order valence-corrected chi connectivity index (χ2v) is 14.9. The van der Waals surface area contributed by atoms with Crippen molar-refractivity contribution in [3.63, 3.8) is 0 Å². The van der Waals surface area contributed by atoms with Crippen LogP contribution in [0.25, 0.3) is 0 Å². The Morgan fingerprint density at radius 1 is 1.10 bits per heavy atom. The quantitative estimate of drug-likeness (QED) is 0.422. The van der Waals surface area contributed by atoms with E-state index in [-0.39, 0.29) is 10.1 Å². The van der Waals surface area contributed by atoms with Crippen molar-refractivity contribution < 1.29 is 4.43 Å². The lowest BCUT2D eigenvalue weighted by molar-refractivity contribution is 0.295. The molecule has 1 rings (SSSR count). The molecule has 0 unspecified atom stereocenters. The Hall–Kier alpha value is -0.0831. The highest BCUT2D eigenvalue weighted by Gasteiger charge is 2.61. The highest BCUT2D eigenvalue weighted by atomic mass is 28.4. The van der Waals surface area contributed by atoms with Gasteiger partial charge in [-0.25, -0.2) is 0 Å². The summed E-state index contributed by atoms with van der Waals surface area (Å²) in [5, 5.41) is 0.408. The summed E-state index contributed by atoms with van der Waals surface area (Å²) in [6.07, 6.45) is 4.07. The van der Waals surface area contributed by atoms with E-state index in [1.165, 1.54) is 24.8 Å². The standard InChI is InChI=1S/C19H38OSi/c1-14(2)17(16-12-11-15(3)13-16)21(20-10,18(4,5)6)19(7,8)9/h15-17H,1,11-13H2,2-10H3/t15-,16+,17-/m1/s1. The lowest BCUT2D eigenvalue weighted by Gasteiger charge is -2.56. The maximum absolute atomic E-state index is 6.52. The van der Waals surface area contributed by atoms with Crippen LogP contribution in [0.1, 0.15) is 74.7 Å². The molecule has 124 valence electrons. The Kier molecular flexibility index (Phi) is 5.60. The molecule has 0 heterocycles. The normalized spacial score (nSPS) is 26.0. The van der Waals surface area contributed by atoms with E-state index in [0.717, 1.165) is 11.8 Å². The van der Waals surface area contributed by atoms with Crippen LogP contribution >= 0.6 is 0 Å². The second-order valence-electron chi connectivity index (χ2n) is 9.44. The summed E-state index contributed by atoms with van der Waals surface area (Å²) in [4.78, 5) is 0. The van der Waals surface area contributed by atoms with E-state index in [1.54, 1.807) is 0 Å².